The van der Waals surface area contributed by atoms with E-state index in [2.05, 4.69) is 14.1 Å². The van der Waals surface area contributed by atoms with Crippen molar-refractivity contribution in [1.29, 1.82) is 0 Å². The molecule has 0 aromatic heterocycles. The number of benzene rings is 1. The van der Waals surface area contributed by atoms with Crippen LogP contribution in [0, 0.1) is 0 Å². The maximum atomic E-state index is 11.6. The lowest BCUT2D eigenvalue weighted by Crippen LogP contribution is -3.06. The Morgan fingerprint density at radius 2 is 1.85 bits per heavy atom. The van der Waals surface area contributed by atoms with Gasteiger partial charge >= 0.3 is 0 Å². The largest absolute Gasteiger partial charge is 0.339 e. The van der Waals surface area contributed by atoms with Crippen LogP contribution in [0.15, 0.2) is 35.2 Å². The van der Waals surface area contributed by atoms with Crippen LogP contribution in [0.1, 0.15) is 0 Å². The summed E-state index contributed by atoms with van der Waals surface area (Å²) in [5.74, 6) is 0.742. The van der Waals surface area contributed by atoms with Gasteiger partial charge in [-0.15, -0.1) is 0 Å². The van der Waals surface area contributed by atoms with Crippen LogP contribution < -0.4 is 4.90 Å². The van der Waals surface area contributed by atoms with Crippen molar-refractivity contribution >= 4 is 10.8 Å². The van der Waals surface area contributed by atoms with Crippen molar-refractivity contribution in [2.45, 2.75) is 4.90 Å². The Kier molecular flexibility index (Phi) is 4.12. The molecule has 1 rings (SSSR count). The normalized spacial score (nSPS) is 13.2. The SMILES string of the molecule is C[NH+](C)CC[S@@](=O)c1ccccc1. The zero-order valence-electron chi connectivity index (χ0n) is 8.12. The molecule has 3 heteroatoms. The summed E-state index contributed by atoms with van der Waals surface area (Å²) in [5, 5.41) is 0. The highest BCUT2D eigenvalue weighted by Crippen LogP contribution is 2.03. The lowest BCUT2D eigenvalue weighted by Gasteiger charge is -2.06. The Morgan fingerprint density at radius 3 is 2.38 bits per heavy atom. The molecule has 0 aliphatic carbocycles. The summed E-state index contributed by atoms with van der Waals surface area (Å²) in [6.45, 7) is 0.946. The highest BCUT2D eigenvalue weighted by molar-refractivity contribution is 7.85. The lowest BCUT2D eigenvalue weighted by atomic mass is 10.4. The number of hydrogen-bond donors (Lipinski definition) is 1. The lowest BCUT2D eigenvalue weighted by molar-refractivity contribution is -0.855. The molecule has 0 saturated carbocycles. The monoisotopic (exact) mass is 198 g/mol. The molecule has 1 aromatic rings. The zero-order valence-corrected chi connectivity index (χ0v) is 8.93. The average Bonchev–Trinajstić information content (AvgIpc) is 2.15. The molecule has 2 nitrogen and oxygen atoms in total. The zero-order chi connectivity index (χ0) is 9.68. The van der Waals surface area contributed by atoms with E-state index in [0.717, 1.165) is 17.2 Å². The smallest absolute Gasteiger partial charge is 0.0887 e. The van der Waals surface area contributed by atoms with Crippen LogP contribution in [0.4, 0.5) is 0 Å². The quantitative estimate of drug-likeness (QED) is 0.719. The third kappa shape index (κ3) is 3.70. The molecule has 1 atom stereocenters. The molecule has 0 unspecified atom stereocenters. The van der Waals surface area contributed by atoms with Crippen molar-refractivity contribution in [3.63, 3.8) is 0 Å². The first-order chi connectivity index (χ1) is 6.20. The van der Waals surface area contributed by atoms with E-state index >= 15 is 0 Å². The number of quaternary nitrogens is 1. The van der Waals surface area contributed by atoms with Gasteiger partial charge in [0.15, 0.2) is 0 Å². The fraction of sp³-hybridized carbons (Fsp3) is 0.400. The van der Waals surface area contributed by atoms with Crippen molar-refractivity contribution in [1.82, 2.24) is 0 Å². The third-order valence-electron chi connectivity index (χ3n) is 1.79. The fourth-order valence-corrected chi connectivity index (χ4v) is 2.28. The molecule has 0 amide bonds. The highest BCUT2D eigenvalue weighted by Gasteiger charge is 2.04. The van der Waals surface area contributed by atoms with Crippen LogP contribution in [0.25, 0.3) is 0 Å². The first kappa shape index (κ1) is 10.4. The van der Waals surface area contributed by atoms with E-state index in [1.165, 1.54) is 4.90 Å². The van der Waals surface area contributed by atoms with Crippen LogP contribution in [-0.4, -0.2) is 30.6 Å². The first-order valence-electron chi connectivity index (χ1n) is 4.42. The van der Waals surface area contributed by atoms with Gasteiger partial charge in [0.25, 0.3) is 0 Å². The summed E-state index contributed by atoms with van der Waals surface area (Å²) in [6, 6.07) is 9.63. The number of nitrogens with one attached hydrogen (secondary N) is 1. The number of hydrogen-bond acceptors (Lipinski definition) is 1. The van der Waals surface area contributed by atoms with E-state index in [1.54, 1.807) is 0 Å². The summed E-state index contributed by atoms with van der Waals surface area (Å²) in [7, 11) is 3.32. The standard InChI is InChI=1S/C10H15NOS/c1-11(2)8-9-13(12)10-6-4-3-5-7-10/h3-7H,8-9H2,1-2H3/p+1/t13-/m1/s1. The average molecular weight is 198 g/mol. The molecule has 72 valence electrons. The molecule has 0 aliphatic rings. The molecule has 0 heterocycles. The van der Waals surface area contributed by atoms with Gasteiger partial charge in [-0.2, -0.15) is 0 Å². The van der Waals surface area contributed by atoms with Gasteiger partial charge in [0.1, 0.15) is 0 Å². The molecule has 0 saturated heterocycles. The molecule has 13 heavy (non-hydrogen) atoms. The number of rotatable bonds is 4. The van der Waals surface area contributed by atoms with Gasteiger partial charge in [0.2, 0.25) is 0 Å². The maximum absolute atomic E-state index is 11.6. The minimum atomic E-state index is -0.825. The Morgan fingerprint density at radius 1 is 1.23 bits per heavy atom. The van der Waals surface area contributed by atoms with Crippen molar-refractivity contribution < 1.29 is 9.11 Å². The fourth-order valence-electron chi connectivity index (χ4n) is 0.987. The molecular formula is C10H16NOS+. The first-order valence-corrected chi connectivity index (χ1v) is 5.74. The van der Waals surface area contributed by atoms with Crippen molar-refractivity contribution in [3.05, 3.63) is 30.3 Å². The summed E-state index contributed by atoms with van der Waals surface area (Å²) >= 11 is 0. The van der Waals surface area contributed by atoms with Crippen LogP contribution in [0.5, 0.6) is 0 Å². The summed E-state index contributed by atoms with van der Waals surface area (Å²) in [6.07, 6.45) is 0. The maximum Gasteiger partial charge on any atom is 0.0887 e. The van der Waals surface area contributed by atoms with Crippen LogP contribution in [-0.2, 0) is 10.8 Å². The molecule has 1 N–H and O–H groups in total. The predicted molar refractivity (Wildman–Crippen MR) is 55.4 cm³/mol. The second kappa shape index (κ2) is 5.14. The van der Waals surface area contributed by atoms with E-state index in [0.29, 0.717) is 0 Å². The van der Waals surface area contributed by atoms with Gasteiger partial charge < -0.3 is 4.90 Å². The minimum Gasteiger partial charge on any atom is -0.339 e. The van der Waals surface area contributed by atoms with Crippen molar-refractivity contribution in [2.24, 2.45) is 0 Å². The molecular weight excluding hydrogens is 182 g/mol. The summed E-state index contributed by atoms with van der Waals surface area (Å²) in [5.41, 5.74) is 0. The van der Waals surface area contributed by atoms with Crippen LogP contribution in [0.3, 0.4) is 0 Å². The van der Waals surface area contributed by atoms with Gasteiger partial charge in [0.05, 0.1) is 37.2 Å². The van der Waals surface area contributed by atoms with Gasteiger partial charge in [0, 0.05) is 4.90 Å². The molecule has 0 aliphatic heterocycles. The van der Waals surface area contributed by atoms with E-state index in [1.807, 2.05) is 30.3 Å². The van der Waals surface area contributed by atoms with Crippen molar-refractivity contribution in [2.75, 3.05) is 26.4 Å². The summed E-state index contributed by atoms with van der Waals surface area (Å²) in [4.78, 5) is 2.27. The van der Waals surface area contributed by atoms with Gasteiger partial charge in [-0.05, 0) is 12.1 Å². The van der Waals surface area contributed by atoms with E-state index in [-0.39, 0.29) is 0 Å². The van der Waals surface area contributed by atoms with Crippen molar-refractivity contribution in [3.8, 4) is 0 Å². The Labute approximate surface area is 82.0 Å². The van der Waals surface area contributed by atoms with Gasteiger partial charge in [-0.1, -0.05) is 18.2 Å². The van der Waals surface area contributed by atoms with Gasteiger partial charge in [-0.3, -0.25) is 4.21 Å². The molecule has 1 aromatic carbocycles. The van der Waals surface area contributed by atoms with Crippen LogP contribution >= 0.6 is 0 Å². The Bertz CT molecular complexity index is 272. The Balaban J connectivity index is 2.50. The van der Waals surface area contributed by atoms with E-state index < -0.39 is 10.8 Å². The topological polar surface area (TPSA) is 21.5 Å². The second-order valence-electron chi connectivity index (χ2n) is 3.32. The Hall–Kier alpha value is -0.670. The second-order valence-corrected chi connectivity index (χ2v) is 4.89. The molecule has 0 spiro atoms. The minimum absolute atomic E-state index is 0.742. The third-order valence-corrected chi connectivity index (χ3v) is 3.17. The van der Waals surface area contributed by atoms with E-state index in [9.17, 15) is 4.21 Å². The van der Waals surface area contributed by atoms with Crippen LogP contribution in [0.2, 0.25) is 0 Å². The molecule has 0 radical (unpaired) electrons. The molecule has 0 bridgehead atoms. The summed E-state index contributed by atoms with van der Waals surface area (Å²) < 4.78 is 11.6. The predicted octanol–water partition coefficient (Wildman–Crippen LogP) is -0.0613. The highest BCUT2D eigenvalue weighted by atomic mass is 32.2. The van der Waals surface area contributed by atoms with Gasteiger partial charge in [-0.25, -0.2) is 0 Å². The molecule has 0 fully saturated rings. The van der Waals surface area contributed by atoms with E-state index in [4.69, 9.17) is 0 Å².